The van der Waals surface area contributed by atoms with Crippen LogP contribution in [-0.2, 0) is 11.3 Å². The lowest BCUT2D eigenvalue weighted by Gasteiger charge is -2.35. The highest BCUT2D eigenvalue weighted by Crippen LogP contribution is 2.32. The second-order valence-electron chi connectivity index (χ2n) is 7.57. The molecule has 0 aliphatic carbocycles. The molecule has 0 bridgehead atoms. The molecule has 2 N–H and O–H groups in total. The summed E-state index contributed by atoms with van der Waals surface area (Å²) in [4.78, 5) is 6.84. The number of ether oxygens (including phenoxy) is 3. The van der Waals surface area contributed by atoms with Gasteiger partial charge in [-0.25, -0.2) is 0 Å². The zero-order valence-electron chi connectivity index (χ0n) is 19.0. The molecule has 1 aliphatic heterocycles. The molecule has 1 atom stereocenters. The minimum Gasteiger partial charge on any atom is -0.493 e. The molecule has 2 aromatic carbocycles. The van der Waals surface area contributed by atoms with Crippen molar-refractivity contribution in [3.63, 3.8) is 0 Å². The fourth-order valence-electron chi connectivity index (χ4n) is 3.83. The molecular weight excluding hydrogens is 392 g/mol. The number of hydrogen-bond acceptors (Lipinski definition) is 5. The largest absolute Gasteiger partial charge is 0.493 e. The van der Waals surface area contributed by atoms with Gasteiger partial charge in [0.15, 0.2) is 17.5 Å². The van der Waals surface area contributed by atoms with Crippen LogP contribution in [0.25, 0.3) is 0 Å². The van der Waals surface area contributed by atoms with Gasteiger partial charge in [-0.1, -0.05) is 35.9 Å². The van der Waals surface area contributed by atoms with E-state index in [2.05, 4.69) is 63.8 Å². The fourth-order valence-corrected chi connectivity index (χ4v) is 3.83. The molecule has 0 aromatic heterocycles. The summed E-state index contributed by atoms with van der Waals surface area (Å²) >= 11 is 0. The first-order valence-electron chi connectivity index (χ1n) is 10.7. The maximum atomic E-state index is 5.57. The number of aliphatic imine (C=N–C) groups is 1. The van der Waals surface area contributed by atoms with Gasteiger partial charge in [0.05, 0.1) is 33.5 Å². The normalized spacial score (nSPS) is 15.9. The van der Waals surface area contributed by atoms with E-state index in [0.717, 1.165) is 50.3 Å². The fraction of sp³-hybridized carbons (Fsp3) is 0.458. The smallest absolute Gasteiger partial charge is 0.191 e. The highest BCUT2D eigenvalue weighted by atomic mass is 16.5. The zero-order chi connectivity index (χ0) is 22.1. The average molecular weight is 427 g/mol. The average Bonchev–Trinajstić information content (AvgIpc) is 2.81. The Labute approximate surface area is 185 Å². The number of nitrogens with zero attached hydrogens (tertiary/aromatic N) is 2. The third-order valence-electron chi connectivity index (χ3n) is 5.51. The van der Waals surface area contributed by atoms with Crippen molar-refractivity contribution in [2.75, 3.05) is 54.1 Å². The van der Waals surface area contributed by atoms with E-state index in [1.807, 2.05) is 6.07 Å². The number of benzene rings is 2. The van der Waals surface area contributed by atoms with Crippen molar-refractivity contribution < 1.29 is 14.2 Å². The Morgan fingerprint density at radius 2 is 1.84 bits per heavy atom. The van der Waals surface area contributed by atoms with Gasteiger partial charge in [-0.15, -0.1) is 0 Å². The van der Waals surface area contributed by atoms with Crippen LogP contribution in [0.4, 0.5) is 0 Å². The maximum absolute atomic E-state index is 5.57. The van der Waals surface area contributed by atoms with Crippen LogP contribution in [0.3, 0.4) is 0 Å². The van der Waals surface area contributed by atoms with Crippen LogP contribution in [0.5, 0.6) is 11.5 Å². The number of hydrogen-bond donors (Lipinski definition) is 2. The number of guanidine groups is 1. The summed E-state index contributed by atoms with van der Waals surface area (Å²) in [5, 5.41) is 6.92. The van der Waals surface area contributed by atoms with Crippen LogP contribution in [0.1, 0.15) is 22.7 Å². The Morgan fingerprint density at radius 3 is 2.52 bits per heavy atom. The van der Waals surface area contributed by atoms with Crippen LogP contribution >= 0.6 is 0 Å². The number of aryl methyl sites for hydroxylation is 1. The van der Waals surface area contributed by atoms with Crippen LogP contribution in [0.2, 0.25) is 0 Å². The molecule has 1 aliphatic rings. The van der Waals surface area contributed by atoms with E-state index in [0.29, 0.717) is 6.54 Å². The summed E-state index contributed by atoms with van der Waals surface area (Å²) in [5.74, 6) is 2.25. The number of nitrogens with one attached hydrogen (secondary N) is 2. The second kappa shape index (κ2) is 11.6. The molecule has 0 amide bonds. The summed E-state index contributed by atoms with van der Waals surface area (Å²) in [6.07, 6.45) is 0. The van der Waals surface area contributed by atoms with Crippen molar-refractivity contribution in [2.24, 2.45) is 4.99 Å². The highest BCUT2D eigenvalue weighted by molar-refractivity contribution is 5.79. The molecular formula is C24H34N4O3. The first kappa shape index (κ1) is 22.9. The molecule has 168 valence electrons. The summed E-state index contributed by atoms with van der Waals surface area (Å²) in [6.45, 7) is 6.79. The maximum Gasteiger partial charge on any atom is 0.191 e. The molecule has 7 nitrogen and oxygen atoms in total. The summed E-state index contributed by atoms with van der Waals surface area (Å²) < 4.78 is 16.5. The van der Waals surface area contributed by atoms with E-state index in [9.17, 15) is 0 Å². The minimum absolute atomic E-state index is 0.154. The van der Waals surface area contributed by atoms with Gasteiger partial charge in [0.25, 0.3) is 0 Å². The zero-order valence-corrected chi connectivity index (χ0v) is 19.0. The molecule has 1 heterocycles. The molecule has 7 heteroatoms. The van der Waals surface area contributed by atoms with E-state index < -0.39 is 0 Å². The van der Waals surface area contributed by atoms with Crippen molar-refractivity contribution >= 4 is 5.96 Å². The van der Waals surface area contributed by atoms with E-state index in [4.69, 9.17) is 14.2 Å². The summed E-state index contributed by atoms with van der Waals surface area (Å²) in [5.41, 5.74) is 3.65. The predicted octanol–water partition coefficient (Wildman–Crippen LogP) is 2.75. The number of rotatable bonds is 8. The van der Waals surface area contributed by atoms with Crippen LogP contribution in [-0.4, -0.2) is 65.0 Å². The molecule has 1 fully saturated rings. The van der Waals surface area contributed by atoms with Crippen LogP contribution < -0.4 is 20.1 Å². The minimum atomic E-state index is 0.154. The van der Waals surface area contributed by atoms with Crippen LogP contribution in [0, 0.1) is 6.92 Å². The van der Waals surface area contributed by atoms with Gasteiger partial charge in [0.1, 0.15) is 0 Å². The van der Waals surface area contributed by atoms with Gasteiger partial charge >= 0.3 is 0 Å². The van der Waals surface area contributed by atoms with Crippen molar-refractivity contribution in [3.05, 3.63) is 59.2 Å². The predicted molar refractivity (Wildman–Crippen MR) is 124 cm³/mol. The SMILES string of the molecule is CN=C(NCc1cccc(C)c1)NCC(c1ccc(OC)c(OC)c1)N1CCOCC1. The molecule has 0 spiro atoms. The third-order valence-corrected chi connectivity index (χ3v) is 5.51. The van der Waals surface area contributed by atoms with Gasteiger partial charge in [-0.2, -0.15) is 0 Å². The van der Waals surface area contributed by atoms with Crippen molar-refractivity contribution in [1.29, 1.82) is 0 Å². The third kappa shape index (κ3) is 6.35. The monoisotopic (exact) mass is 426 g/mol. The Morgan fingerprint density at radius 1 is 1.06 bits per heavy atom. The van der Waals surface area contributed by atoms with Gasteiger partial charge in [-0.05, 0) is 30.2 Å². The first-order chi connectivity index (χ1) is 15.1. The van der Waals surface area contributed by atoms with E-state index in [-0.39, 0.29) is 6.04 Å². The number of methoxy groups -OCH3 is 2. The molecule has 0 saturated carbocycles. The highest BCUT2D eigenvalue weighted by Gasteiger charge is 2.24. The van der Waals surface area contributed by atoms with Gasteiger partial charge in [-0.3, -0.25) is 9.89 Å². The van der Waals surface area contributed by atoms with Crippen molar-refractivity contribution in [2.45, 2.75) is 19.5 Å². The van der Waals surface area contributed by atoms with Gasteiger partial charge < -0.3 is 24.8 Å². The van der Waals surface area contributed by atoms with Gasteiger partial charge in [0.2, 0.25) is 0 Å². The molecule has 0 radical (unpaired) electrons. The van der Waals surface area contributed by atoms with Crippen LogP contribution in [0.15, 0.2) is 47.5 Å². The molecule has 2 aromatic rings. The summed E-state index contributed by atoms with van der Waals surface area (Å²) in [6, 6.07) is 14.8. The number of morpholine rings is 1. The summed E-state index contributed by atoms with van der Waals surface area (Å²) in [7, 11) is 5.12. The second-order valence-corrected chi connectivity index (χ2v) is 7.57. The van der Waals surface area contributed by atoms with E-state index >= 15 is 0 Å². The molecule has 1 unspecified atom stereocenters. The molecule has 3 rings (SSSR count). The topological polar surface area (TPSA) is 67.4 Å². The lowest BCUT2D eigenvalue weighted by atomic mass is 10.0. The Bertz CT molecular complexity index is 866. The Kier molecular flexibility index (Phi) is 8.55. The first-order valence-corrected chi connectivity index (χ1v) is 10.7. The standard InChI is InChI=1S/C24H34N4O3/c1-18-6-5-7-19(14-18)16-26-24(25-2)27-17-21(28-10-12-31-13-11-28)20-8-9-22(29-3)23(15-20)30-4/h5-9,14-15,21H,10-13,16-17H2,1-4H3,(H2,25,26,27). The van der Waals surface area contributed by atoms with Crippen molar-refractivity contribution in [1.82, 2.24) is 15.5 Å². The Hall–Kier alpha value is -2.77. The van der Waals surface area contributed by atoms with E-state index in [1.165, 1.54) is 16.7 Å². The molecule has 31 heavy (non-hydrogen) atoms. The quantitative estimate of drug-likeness (QED) is 0.500. The molecule has 1 saturated heterocycles. The lowest BCUT2D eigenvalue weighted by Crippen LogP contribution is -2.46. The lowest BCUT2D eigenvalue weighted by molar-refractivity contribution is 0.0169. The van der Waals surface area contributed by atoms with E-state index in [1.54, 1.807) is 21.3 Å². The Balaban J connectivity index is 1.70. The van der Waals surface area contributed by atoms with Crippen molar-refractivity contribution in [3.8, 4) is 11.5 Å². The van der Waals surface area contributed by atoms with Gasteiger partial charge in [0, 0.05) is 33.2 Å².